The van der Waals surface area contributed by atoms with Crippen LogP contribution in [0, 0.1) is 0 Å². The summed E-state index contributed by atoms with van der Waals surface area (Å²) >= 11 is 0. The summed E-state index contributed by atoms with van der Waals surface area (Å²) < 4.78 is 30.3. The van der Waals surface area contributed by atoms with Crippen molar-refractivity contribution in [1.82, 2.24) is 14.9 Å². The molecule has 90 valence electrons. The number of nitrogens with zero attached hydrogens (tertiary/aromatic N) is 2. The first-order valence-electron chi connectivity index (χ1n) is 4.62. The topological polar surface area (TPSA) is 105 Å². The van der Waals surface area contributed by atoms with Crippen LogP contribution >= 0.6 is 0 Å². The molecule has 2 rings (SSSR count). The molecule has 0 spiro atoms. The van der Waals surface area contributed by atoms with Crippen molar-refractivity contribution in [3.63, 3.8) is 0 Å². The highest BCUT2D eigenvalue weighted by Crippen LogP contribution is 2.14. The number of sulfonamides is 1. The maximum Gasteiger partial charge on any atom is 0.240 e. The Balaban J connectivity index is 2.11. The van der Waals surface area contributed by atoms with Crippen LogP contribution in [0.4, 0.5) is 0 Å². The van der Waals surface area contributed by atoms with Gasteiger partial charge in [0.1, 0.15) is 5.75 Å². The number of nitrogens with one attached hydrogen (secondary N) is 1. The first kappa shape index (κ1) is 11.6. The average Bonchev–Trinajstić information content (AvgIpc) is 2.80. The number of aromatic hydroxyl groups is 1. The van der Waals surface area contributed by atoms with E-state index < -0.39 is 10.0 Å². The lowest BCUT2D eigenvalue weighted by atomic mass is 10.3. The van der Waals surface area contributed by atoms with Crippen molar-refractivity contribution in [2.45, 2.75) is 11.4 Å². The molecule has 0 fully saturated rings. The van der Waals surface area contributed by atoms with Gasteiger partial charge in [0.05, 0.1) is 11.4 Å². The van der Waals surface area contributed by atoms with Gasteiger partial charge in [-0.25, -0.2) is 13.1 Å². The monoisotopic (exact) mass is 255 g/mol. The first-order chi connectivity index (χ1) is 8.08. The third-order valence-corrected chi connectivity index (χ3v) is 3.39. The third kappa shape index (κ3) is 2.80. The number of rotatable bonds is 4. The molecular formula is C9H9N3O4S. The van der Waals surface area contributed by atoms with Gasteiger partial charge in [0.2, 0.25) is 16.4 Å². The van der Waals surface area contributed by atoms with Gasteiger partial charge in [-0.1, -0.05) is 5.16 Å². The second-order valence-electron chi connectivity index (χ2n) is 3.17. The fourth-order valence-electron chi connectivity index (χ4n) is 1.14. The molecule has 0 unspecified atom stereocenters. The largest absolute Gasteiger partial charge is 0.508 e. The Morgan fingerprint density at radius 3 is 2.59 bits per heavy atom. The highest BCUT2D eigenvalue weighted by atomic mass is 32.2. The highest BCUT2D eigenvalue weighted by molar-refractivity contribution is 7.89. The second kappa shape index (κ2) is 4.52. The highest BCUT2D eigenvalue weighted by Gasteiger charge is 2.14. The van der Waals surface area contributed by atoms with E-state index in [1.165, 1.54) is 24.3 Å². The summed E-state index contributed by atoms with van der Waals surface area (Å²) in [6, 6.07) is 5.19. The van der Waals surface area contributed by atoms with Crippen LogP contribution in [-0.2, 0) is 16.6 Å². The molecule has 1 aromatic carbocycles. The Hall–Kier alpha value is -1.93. The van der Waals surface area contributed by atoms with Crippen LogP contribution in [0.25, 0.3) is 0 Å². The molecular weight excluding hydrogens is 246 g/mol. The van der Waals surface area contributed by atoms with Crippen molar-refractivity contribution in [3.05, 3.63) is 36.5 Å². The van der Waals surface area contributed by atoms with E-state index >= 15 is 0 Å². The van der Waals surface area contributed by atoms with Crippen LogP contribution in [0.3, 0.4) is 0 Å². The molecule has 0 aliphatic rings. The Bertz CT molecular complexity index is 577. The minimum absolute atomic E-state index is 0.00196. The zero-order valence-electron chi connectivity index (χ0n) is 8.57. The Morgan fingerprint density at radius 1 is 1.29 bits per heavy atom. The Labute approximate surface area is 97.1 Å². The number of aromatic nitrogens is 2. The van der Waals surface area contributed by atoms with E-state index in [1.54, 1.807) is 0 Å². The summed E-state index contributed by atoms with van der Waals surface area (Å²) in [5, 5.41) is 12.5. The molecule has 2 N–H and O–H groups in total. The van der Waals surface area contributed by atoms with Gasteiger partial charge in [-0.15, -0.1) is 0 Å². The number of benzene rings is 1. The Kier molecular flexibility index (Phi) is 3.07. The maximum atomic E-state index is 11.8. The SMILES string of the molecule is O=S(=O)(NCc1ncon1)c1ccc(O)cc1. The number of phenols is 1. The molecule has 0 saturated carbocycles. The molecule has 17 heavy (non-hydrogen) atoms. The van der Waals surface area contributed by atoms with E-state index in [2.05, 4.69) is 19.4 Å². The van der Waals surface area contributed by atoms with Gasteiger partial charge in [-0.2, -0.15) is 4.98 Å². The van der Waals surface area contributed by atoms with Gasteiger partial charge >= 0.3 is 0 Å². The first-order valence-corrected chi connectivity index (χ1v) is 6.10. The van der Waals surface area contributed by atoms with E-state index in [4.69, 9.17) is 5.11 Å². The van der Waals surface area contributed by atoms with E-state index in [1.807, 2.05) is 0 Å². The summed E-state index contributed by atoms with van der Waals surface area (Å²) in [6.07, 6.45) is 1.12. The lowest BCUT2D eigenvalue weighted by Crippen LogP contribution is -2.23. The van der Waals surface area contributed by atoms with Crippen molar-refractivity contribution in [2.75, 3.05) is 0 Å². The van der Waals surface area contributed by atoms with Gasteiger partial charge in [0.25, 0.3) is 0 Å². The van der Waals surface area contributed by atoms with Gasteiger partial charge in [-0.05, 0) is 24.3 Å². The number of hydrogen-bond acceptors (Lipinski definition) is 6. The van der Waals surface area contributed by atoms with Crippen LogP contribution in [-0.4, -0.2) is 23.7 Å². The molecule has 0 amide bonds. The molecule has 1 heterocycles. The number of phenolic OH excluding ortho intramolecular Hbond substituents is 1. The van der Waals surface area contributed by atoms with Crippen molar-refractivity contribution in [2.24, 2.45) is 0 Å². The second-order valence-corrected chi connectivity index (χ2v) is 4.93. The molecule has 0 aliphatic carbocycles. The molecule has 0 aliphatic heterocycles. The van der Waals surface area contributed by atoms with E-state index in [0.717, 1.165) is 6.39 Å². The summed E-state index contributed by atoms with van der Waals surface area (Å²) in [4.78, 5) is 3.74. The van der Waals surface area contributed by atoms with E-state index in [9.17, 15) is 8.42 Å². The van der Waals surface area contributed by atoms with Gasteiger partial charge < -0.3 is 9.63 Å². The fraction of sp³-hybridized carbons (Fsp3) is 0.111. The quantitative estimate of drug-likeness (QED) is 0.811. The maximum absolute atomic E-state index is 11.8. The molecule has 7 nitrogen and oxygen atoms in total. The van der Waals surface area contributed by atoms with E-state index in [-0.39, 0.29) is 23.0 Å². The molecule has 8 heteroatoms. The average molecular weight is 255 g/mol. The van der Waals surface area contributed by atoms with Crippen LogP contribution in [0.5, 0.6) is 5.75 Å². The normalized spacial score (nSPS) is 11.5. The van der Waals surface area contributed by atoms with Gasteiger partial charge in [0, 0.05) is 0 Å². The molecule has 0 atom stereocenters. The standard InChI is InChI=1S/C9H9N3O4S/c13-7-1-3-8(4-2-7)17(14,15)11-5-9-10-6-16-12-9/h1-4,6,11,13H,5H2. The predicted octanol–water partition coefficient (Wildman–Crippen LogP) is 0.254. The zero-order chi connectivity index (χ0) is 12.3. The Morgan fingerprint density at radius 2 is 2.00 bits per heavy atom. The van der Waals surface area contributed by atoms with E-state index in [0.29, 0.717) is 0 Å². The molecule has 0 saturated heterocycles. The molecule has 0 radical (unpaired) electrons. The van der Waals surface area contributed by atoms with Crippen LogP contribution in [0.1, 0.15) is 5.82 Å². The molecule has 2 aromatic rings. The molecule has 0 bridgehead atoms. The minimum atomic E-state index is -3.64. The van der Waals surface area contributed by atoms with Gasteiger partial charge in [0.15, 0.2) is 5.82 Å². The minimum Gasteiger partial charge on any atom is -0.508 e. The predicted molar refractivity (Wildman–Crippen MR) is 56.4 cm³/mol. The van der Waals surface area contributed by atoms with Crippen LogP contribution in [0.15, 0.2) is 40.1 Å². The van der Waals surface area contributed by atoms with Crippen molar-refractivity contribution in [1.29, 1.82) is 0 Å². The summed E-state index contributed by atoms with van der Waals surface area (Å²) in [5.41, 5.74) is 0. The summed E-state index contributed by atoms with van der Waals surface area (Å²) in [6.45, 7) is -0.0558. The van der Waals surface area contributed by atoms with Crippen LogP contribution in [0.2, 0.25) is 0 Å². The van der Waals surface area contributed by atoms with Crippen molar-refractivity contribution in [3.8, 4) is 5.75 Å². The lowest BCUT2D eigenvalue weighted by molar-refractivity contribution is 0.409. The fourth-order valence-corrected chi connectivity index (χ4v) is 2.12. The number of hydrogen-bond donors (Lipinski definition) is 2. The van der Waals surface area contributed by atoms with Crippen molar-refractivity contribution < 1.29 is 18.0 Å². The van der Waals surface area contributed by atoms with Crippen LogP contribution < -0.4 is 4.72 Å². The summed E-state index contributed by atoms with van der Waals surface area (Å²) in [7, 11) is -3.64. The zero-order valence-corrected chi connectivity index (χ0v) is 9.38. The van der Waals surface area contributed by atoms with Gasteiger partial charge in [-0.3, -0.25) is 0 Å². The van der Waals surface area contributed by atoms with Crippen molar-refractivity contribution >= 4 is 10.0 Å². The lowest BCUT2D eigenvalue weighted by Gasteiger charge is -2.04. The summed E-state index contributed by atoms with van der Waals surface area (Å²) in [5.74, 6) is 0.245. The smallest absolute Gasteiger partial charge is 0.240 e. The molecule has 1 aromatic heterocycles. The third-order valence-electron chi connectivity index (χ3n) is 1.97.